The van der Waals surface area contributed by atoms with Crippen molar-refractivity contribution in [2.75, 3.05) is 12.8 Å². The summed E-state index contributed by atoms with van der Waals surface area (Å²) < 4.78 is 0. The van der Waals surface area contributed by atoms with Gasteiger partial charge in [0.25, 0.3) is 0 Å². The molecule has 0 radical (unpaired) electrons. The van der Waals surface area contributed by atoms with Gasteiger partial charge in [-0.15, -0.1) is 23.1 Å². The van der Waals surface area contributed by atoms with Gasteiger partial charge in [-0.3, -0.25) is 4.79 Å². The Labute approximate surface area is 134 Å². The Hall–Kier alpha value is -0.520. The molecule has 5 heteroatoms. The van der Waals surface area contributed by atoms with Gasteiger partial charge in [-0.1, -0.05) is 0 Å². The first kappa shape index (κ1) is 14.1. The molecule has 0 spiro atoms. The van der Waals surface area contributed by atoms with E-state index in [9.17, 15) is 4.79 Å². The minimum Gasteiger partial charge on any atom is -0.341 e. The minimum atomic E-state index is 0.0394. The molecule has 1 aromatic heterocycles. The van der Waals surface area contributed by atoms with Crippen LogP contribution in [0.3, 0.4) is 0 Å². The number of aryl methyl sites for hydroxylation is 1. The van der Waals surface area contributed by atoms with Gasteiger partial charge in [0.1, 0.15) is 5.25 Å². The van der Waals surface area contributed by atoms with Gasteiger partial charge in [0.05, 0.1) is 0 Å². The summed E-state index contributed by atoms with van der Waals surface area (Å²) in [6.07, 6.45) is 5.97. The number of rotatable bonds is 2. The van der Waals surface area contributed by atoms with Gasteiger partial charge in [-0.25, -0.2) is 0 Å². The molecule has 4 heterocycles. The first-order valence-electron chi connectivity index (χ1n) is 7.93. The number of carbonyl (C=O) groups is 1. The fraction of sp³-hybridized carbons (Fsp3) is 0.688. The molecule has 3 nitrogen and oxygen atoms in total. The van der Waals surface area contributed by atoms with E-state index < -0.39 is 0 Å². The standard InChI is InChI=1S/C16H22N2OS2/c1-18(12-8-10-2-3-11(9-12)17-10)16(19)15-13-4-6-20-14(13)5-7-21-15/h4,6,10-12,15,17H,2-3,5,7-9H2,1H3. The van der Waals surface area contributed by atoms with Crippen molar-refractivity contribution in [1.29, 1.82) is 0 Å². The van der Waals surface area contributed by atoms with E-state index in [-0.39, 0.29) is 5.25 Å². The molecule has 21 heavy (non-hydrogen) atoms. The molecule has 1 aromatic rings. The molecule has 0 saturated carbocycles. The number of carbonyl (C=O) groups excluding carboxylic acids is 1. The second-order valence-electron chi connectivity index (χ2n) is 6.51. The Bertz CT molecular complexity index is 532. The fourth-order valence-corrected chi connectivity index (χ4v) is 6.45. The van der Waals surface area contributed by atoms with Crippen LogP contribution in [0.4, 0.5) is 0 Å². The Morgan fingerprint density at radius 2 is 2.10 bits per heavy atom. The number of amides is 1. The van der Waals surface area contributed by atoms with Crippen molar-refractivity contribution < 1.29 is 4.79 Å². The number of piperidine rings is 1. The normalized spacial score (nSPS) is 34.5. The Kier molecular flexibility index (Phi) is 3.76. The number of likely N-dealkylation sites (N-methyl/N-ethyl adjacent to an activating group) is 1. The highest BCUT2D eigenvalue weighted by Crippen LogP contribution is 2.41. The van der Waals surface area contributed by atoms with Crippen LogP contribution >= 0.6 is 23.1 Å². The summed E-state index contributed by atoms with van der Waals surface area (Å²) in [7, 11) is 2.03. The number of nitrogens with zero attached hydrogens (tertiary/aromatic N) is 1. The fourth-order valence-electron chi connectivity index (χ4n) is 4.06. The monoisotopic (exact) mass is 322 g/mol. The summed E-state index contributed by atoms with van der Waals surface area (Å²) in [6, 6.07) is 3.87. The second kappa shape index (κ2) is 5.60. The topological polar surface area (TPSA) is 32.3 Å². The number of hydrogen-bond acceptors (Lipinski definition) is 4. The van der Waals surface area contributed by atoms with Crippen LogP contribution in [0.2, 0.25) is 0 Å². The molecule has 1 amide bonds. The van der Waals surface area contributed by atoms with Crippen molar-refractivity contribution in [1.82, 2.24) is 10.2 Å². The van der Waals surface area contributed by atoms with E-state index in [1.54, 1.807) is 0 Å². The summed E-state index contributed by atoms with van der Waals surface area (Å²) in [5.74, 6) is 1.40. The van der Waals surface area contributed by atoms with Crippen LogP contribution in [0.15, 0.2) is 11.4 Å². The first-order valence-corrected chi connectivity index (χ1v) is 9.86. The molecule has 2 fully saturated rings. The van der Waals surface area contributed by atoms with Crippen molar-refractivity contribution in [2.45, 2.75) is 55.5 Å². The van der Waals surface area contributed by atoms with E-state index in [1.165, 1.54) is 23.3 Å². The zero-order valence-electron chi connectivity index (χ0n) is 12.4. The predicted octanol–water partition coefficient (Wildman–Crippen LogP) is 2.82. The third-order valence-corrected chi connectivity index (χ3v) is 7.47. The minimum absolute atomic E-state index is 0.0394. The lowest BCUT2D eigenvalue weighted by Crippen LogP contribution is -2.49. The maximum atomic E-state index is 13.0. The quantitative estimate of drug-likeness (QED) is 0.909. The average Bonchev–Trinajstić information content (AvgIpc) is 3.11. The van der Waals surface area contributed by atoms with E-state index >= 15 is 0 Å². The smallest absolute Gasteiger partial charge is 0.240 e. The molecular formula is C16H22N2OS2. The Morgan fingerprint density at radius 3 is 2.86 bits per heavy atom. The van der Waals surface area contributed by atoms with Crippen molar-refractivity contribution in [2.24, 2.45) is 0 Å². The molecule has 3 aliphatic heterocycles. The summed E-state index contributed by atoms with van der Waals surface area (Å²) in [4.78, 5) is 16.5. The largest absolute Gasteiger partial charge is 0.341 e. The lowest BCUT2D eigenvalue weighted by molar-refractivity contribution is -0.132. The molecule has 3 aliphatic rings. The zero-order valence-corrected chi connectivity index (χ0v) is 14.0. The molecule has 0 aliphatic carbocycles. The van der Waals surface area contributed by atoms with Gasteiger partial charge in [0.15, 0.2) is 0 Å². The van der Waals surface area contributed by atoms with Crippen LogP contribution in [0.25, 0.3) is 0 Å². The number of thiophene rings is 1. The van der Waals surface area contributed by atoms with Crippen LogP contribution in [0.1, 0.15) is 41.4 Å². The zero-order chi connectivity index (χ0) is 14.4. The van der Waals surface area contributed by atoms with E-state index in [0.29, 0.717) is 24.0 Å². The summed E-state index contributed by atoms with van der Waals surface area (Å²) in [5.41, 5.74) is 1.28. The number of thioether (sulfide) groups is 1. The van der Waals surface area contributed by atoms with E-state index in [2.05, 4.69) is 21.7 Å². The molecular weight excluding hydrogens is 300 g/mol. The summed E-state index contributed by atoms with van der Waals surface area (Å²) >= 11 is 3.64. The van der Waals surface area contributed by atoms with Gasteiger partial charge in [0, 0.05) is 30.1 Å². The lowest BCUT2D eigenvalue weighted by Gasteiger charge is -2.37. The number of hydrogen-bond donors (Lipinski definition) is 1. The molecule has 0 aromatic carbocycles. The summed E-state index contributed by atoms with van der Waals surface area (Å²) in [5, 5.41) is 5.84. The van der Waals surface area contributed by atoms with Crippen LogP contribution in [-0.4, -0.2) is 41.7 Å². The van der Waals surface area contributed by atoms with E-state index in [4.69, 9.17) is 0 Å². The van der Waals surface area contributed by atoms with Gasteiger partial charge in [0.2, 0.25) is 5.91 Å². The van der Waals surface area contributed by atoms with Gasteiger partial charge in [-0.2, -0.15) is 0 Å². The summed E-state index contributed by atoms with van der Waals surface area (Å²) in [6.45, 7) is 0. The Balaban J connectivity index is 1.50. The van der Waals surface area contributed by atoms with Crippen LogP contribution in [0, 0.1) is 0 Å². The molecule has 2 bridgehead atoms. The highest BCUT2D eigenvalue weighted by Gasteiger charge is 2.39. The number of fused-ring (bicyclic) bond motifs is 3. The molecule has 2 saturated heterocycles. The maximum Gasteiger partial charge on any atom is 0.240 e. The predicted molar refractivity (Wildman–Crippen MR) is 89.0 cm³/mol. The third-order valence-electron chi connectivity index (χ3n) is 5.24. The van der Waals surface area contributed by atoms with Crippen molar-refractivity contribution in [3.8, 4) is 0 Å². The SMILES string of the molecule is CN(C(=O)C1SCCc2sccc21)C1CC2CCC(C1)N2. The van der Waals surface area contributed by atoms with E-state index in [0.717, 1.165) is 25.0 Å². The first-order chi connectivity index (χ1) is 10.2. The number of nitrogens with one attached hydrogen (secondary N) is 1. The maximum absolute atomic E-state index is 13.0. The average molecular weight is 322 g/mol. The molecule has 4 rings (SSSR count). The van der Waals surface area contributed by atoms with Crippen LogP contribution in [-0.2, 0) is 11.2 Å². The molecule has 3 unspecified atom stereocenters. The molecule has 1 N–H and O–H groups in total. The van der Waals surface area contributed by atoms with Crippen molar-refractivity contribution >= 4 is 29.0 Å². The Morgan fingerprint density at radius 1 is 1.33 bits per heavy atom. The van der Waals surface area contributed by atoms with Gasteiger partial charge in [-0.05, 0) is 54.9 Å². The van der Waals surface area contributed by atoms with E-state index in [1.807, 2.05) is 30.1 Å². The highest BCUT2D eigenvalue weighted by molar-refractivity contribution is 8.00. The lowest BCUT2D eigenvalue weighted by atomic mass is 9.98. The van der Waals surface area contributed by atoms with Crippen LogP contribution < -0.4 is 5.32 Å². The highest BCUT2D eigenvalue weighted by atomic mass is 32.2. The molecule has 3 atom stereocenters. The van der Waals surface area contributed by atoms with Crippen LogP contribution in [0.5, 0.6) is 0 Å². The van der Waals surface area contributed by atoms with Gasteiger partial charge < -0.3 is 10.2 Å². The van der Waals surface area contributed by atoms with Gasteiger partial charge >= 0.3 is 0 Å². The van der Waals surface area contributed by atoms with Crippen molar-refractivity contribution in [3.05, 3.63) is 21.9 Å². The molecule has 114 valence electrons. The second-order valence-corrected chi connectivity index (χ2v) is 8.73. The van der Waals surface area contributed by atoms with Crippen molar-refractivity contribution in [3.63, 3.8) is 0 Å². The third kappa shape index (κ3) is 2.53.